The highest BCUT2D eigenvalue weighted by atomic mass is 79.9. The Bertz CT molecular complexity index is 523. The van der Waals surface area contributed by atoms with Gasteiger partial charge < -0.3 is 20.5 Å². The molecule has 128 valence electrons. The lowest BCUT2D eigenvalue weighted by Gasteiger charge is -2.36. The van der Waals surface area contributed by atoms with E-state index in [-0.39, 0.29) is 22.4 Å². The van der Waals surface area contributed by atoms with E-state index in [9.17, 15) is 0 Å². The molecule has 1 aromatic carbocycles. The molecule has 23 heavy (non-hydrogen) atoms. The maximum atomic E-state index is 6.00. The molecule has 1 aliphatic carbocycles. The Labute approximate surface area is 148 Å². The highest BCUT2D eigenvalue weighted by Crippen LogP contribution is 2.36. The molecule has 0 aromatic heterocycles. The van der Waals surface area contributed by atoms with Crippen molar-refractivity contribution in [1.29, 1.82) is 0 Å². The van der Waals surface area contributed by atoms with Gasteiger partial charge in [-0.1, -0.05) is 12.1 Å². The zero-order chi connectivity index (χ0) is 15.4. The zero-order valence-electron chi connectivity index (χ0n) is 13.6. The number of methoxy groups -OCH3 is 1. The molecule has 5 nitrogen and oxygen atoms in total. The van der Waals surface area contributed by atoms with Crippen molar-refractivity contribution in [3.05, 3.63) is 29.8 Å². The van der Waals surface area contributed by atoms with Gasteiger partial charge in [-0.2, -0.15) is 0 Å². The molecule has 0 bridgehead atoms. The minimum atomic E-state index is 0. The number of hydrogen-bond acceptors (Lipinski definition) is 3. The van der Waals surface area contributed by atoms with E-state index in [0.717, 1.165) is 31.8 Å². The number of ether oxygens (including phenoxy) is 2. The predicted octanol–water partition coefficient (Wildman–Crippen LogP) is 2.39. The Balaban J connectivity index is 0.00000192. The molecule has 0 unspecified atom stereocenters. The van der Waals surface area contributed by atoms with E-state index in [2.05, 4.69) is 22.4 Å². The summed E-state index contributed by atoms with van der Waals surface area (Å²) < 4.78 is 10.8. The molecule has 6 heteroatoms. The average molecular weight is 384 g/mol. The van der Waals surface area contributed by atoms with Crippen LogP contribution in [0.4, 0.5) is 0 Å². The van der Waals surface area contributed by atoms with Crippen molar-refractivity contribution in [2.24, 2.45) is 10.7 Å². The SMILES string of the molecule is Br.COc1ccc(C2(CN=C(N)NC3CC3)CCOCC2)cc1. The van der Waals surface area contributed by atoms with Gasteiger partial charge in [-0.05, 0) is 43.4 Å². The number of hydrogen-bond donors (Lipinski definition) is 2. The van der Waals surface area contributed by atoms with Crippen molar-refractivity contribution in [2.75, 3.05) is 26.9 Å². The van der Waals surface area contributed by atoms with Crippen LogP contribution in [-0.4, -0.2) is 38.9 Å². The molecular formula is C17H26BrN3O2. The molecule has 0 atom stereocenters. The molecule has 1 saturated carbocycles. The first-order chi connectivity index (χ1) is 10.7. The van der Waals surface area contributed by atoms with Crippen LogP contribution < -0.4 is 15.8 Å². The Kier molecular flexibility index (Phi) is 6.30. The molecular weight excluding hydrogens is 358 g/mol. The van der Waals surface area contributed by atoms with Gasteiger partial charge in [-0.15, -0.1) is 17.0 Å². The summed E-state index contributed by atoms with van der Waals surface area (Å²) in [4.78, 5) is 4.62. The average Bonchev–Trinajstić information content (AvgIpc) is 3.38. The third-order valence-electron chi connectivity index (χ3n) is 4.63. The van der Waals surface area contributed by atoms with Crippen molar-refractivity contribution in [3.63, 3.8) is 0 Å². The van der Waals surface area contributed by atoms with Crippen LogP contribution in [0.25, 0.3) is 0 Å². The number of rotatable bonds is 5. The van der Waals surface area contributed by atoms with E-state index in [0.29, 0.717) is 18.5 Å². The van der Waals surface area contributed by atoms with E-state index in [1.165, 1.54) is 18.4 Å². The van der Waals surface area contributed by atoms with Crippen LogP contribution in [0.3, 0.4) is 0 Å². The number of nitrogens with one attached hydrogen (secondary N) is 1. The van der Waals surface area contributed by atoms with Gasteiger partial charge >= 0.3 is 0 Å². The number of aliphatic imine (C=N–C) groups is 1. The van der Waals surface area contributed by atoms with E-state index < -0.39 is 0 Å². The van der Waals surface area contributed by atoms with Gasteiger partial charge in [0.1, 0.15) is 5.75 Å². The molecule has 2 fully saturated rings. The Morgan fingerprint density at radius 3 is 2.52 bits per heavy atom. The smallest absolute Gasteiger partial charge is 0.188 e. The van der Waals surface area contributed by atoms with Crippen molar-refractivity contribution in [1.82, 2.24) is 5.32 Å². The van der Waals surface area contributed by atoms with Crippen LogP contribution in [0.5, 0.6) is 5.75 Å². The maximum absolute atomic E-state index is 6.00. The van der Waals surface area contributed by atoms with Crippen molar-refractivity contribution in [2.45, 2.75) is 37.1 Å². The first kappa shape index (κ1) is 18.1. The van der Waals surface area contributed by atoms with Gasteiger partial charge in [0.2, 0.25) is 0 Å². The fourth-order valence-corrected chi connectivity index (χ4v) is 2.96. The molecule has 1 aromatic rings. The first-order valence-electron chi connectivity index (χ1n) is 8.01. The largest absolute Gasteiger partial charge is 0.497 e. The number of halogens is 1. The first-order valence-corrected chi connectivity index (χ1v) is 8.01. The number of guanidine groups is 1. The normalized spacial score (nSPS) is 20.5. The lowest BCUT2D eigenvalue weighted by Crippen LogP contribution is -2.39. The fraction of sp³-hybridized carbons (Fsp3) is 0.588. The van der Waals surface area contributed by atoms with Gasteiger partial charge in [0.25, 0.3) is 0 Å². The molecule has 1 heterocycles. The topological polar surface area (TPSA) is 68.9 Å². The summed E-state index contributed by atoms with van der Waals surface area (Å²) in [6.07, 6.45) is 4.35. The summed E-state index contributed by atoms with van der Waals surface area (Å²) in [5.41, 5.74) is 7.31. The molecule has 3 rings (SSSR count). The number of benzene rings is 1. The molecule has 0 spiro atoms. The van der Waals surface area contributed by atoms with Crippen LogP contribution in [0, 0.1) is 0 Å². The molecule has 2 aliphatic rings. The summed E-state index contributed by atoms with van der Waals surface area (Å²) in [7, 11) is 1.69. The quantitative estimate of drug-likeness (QED) is 0.604. The number of nitrogens with zero attached hydrogens (tertiary/aromatic N) is 1. The van der Waals surface area contributed by atoms with E-state index >= 15 is 0 Å². The minimum Gasteiger partial charge on any atom is -0.497 e. The Morgan fingerprint density at radius 1 is 1.30 bits per heavy atom. The van der Waals surface area contributed by atoms with Crippen molar-refractivity contribution in [3.8, 4) is 5.75 Å². The molecule has 0 radical (unpaired) electrons. The second-order valence-corrected chi connectivity index (χ2v) is 6.24. The van der Waals surface area contributed by atoms with Crippen molar-refractivity contribution >= 4 is 22.9 Å². The van der Waals surface area contributed by atoms with Gasteiger partial charge in [0.05, 0.1) is 13.7 Å². The Morgan fingerprint density at radius 2 is 1.96 bits per heavy atom. The summed E-state index contributed by atoms with van der Waals surface area (Å²) >= 11 is 0. The van der Waals surface area contributed by atoms with E-state index in [1.54, 1.807) is 7.11 Å². The van der Waals surface area contributed by atoms with E-state index in [1.807, 2.05) is 12.1 Å². The van der Waals surface area contributed by atoms with Crippen LogP contribution in [-0.2, 0) is 10.2 Å². The second-order valence-electron chi connectivity index (χ2n) is 6.24. The third kappa shape index (κ3) is 4.61. The summed E-state index contributed by atoms with van der Waals surface area (Å²) in [6.45, 7) is 2.25. The minimum absolute atomic E-state index is 0. The maximum Gasteiger partial charge on any atom is 0.188 e. The van der Waals surface area contributed by atoms with Crippen LogP contribution in [0.2, 0.25) is 0 Å². The molecule has 3 N–H and O–H groups in total. The van der Waals surface area contributed by atoms with Gasteiger partial charge in [0, 0.05) is 24.7 Å². The van der Waals surface area contributed by atoms with Crippen LogP contribution in [0.1, 0.15) is 31.2 Å². The lowest BCUT2D eigenvalue weighted by molar-refractivity contribution is 0.0531. The lowest BCUT2D eigenvalue weighted by atomic mass is 9.74. The van der Waals surface area contributed by atoms with Gasteiger partial charge in [-0.25, -0.2) is 0 Å². The summed E-state index contributed by atoms with van der Waals surface area (Å²) in [5, 5.41) is 3.26. The summed E-state index contributed by atoms with van der Waals surface area (Å²) in [5.74, 6) is 1.45. The fourth-order valence-electron chi connectivity index (χ4n) is 2.96. The number of nitrogens with two attached hydrogens (primary N) is 1. The molecule has 0 amide bonds. The zero-order valence-corrected chi connectivity index (χ0v) is 15.3. The van der Waals surface area contributed by atoms with Gasteiger partial charge in [-0.3, -0.25) is 4.99 Å². The van der Waals surface area contributed by atoms with Gasteiger partial charge in [0.15, 0.2) is 5.96 Å². The Hall–Kier alpha value is -1.27. The van der Waals surface area contributed by atoms with Crippen molar-refractivity contribution < 1.29 is 9.47 Å². The highest BCUT2D eigenvalue weighted by Gasteiger charge is 2.34. The predicted molar refractivity (Wildman–Crippen MR) is 97.7 cm³/mol. The van der Waals surface area contributed by atoms with Crippen LogP contribution >= 0.6 is 17.0 Å². The molecule has 1 saturated heterocycles. The highest BCUT2D eigenvalue weighted by molar-refractivity contribution is 8.93. The molecule has 1 aliphatic heterocycles. The monoisotopic (exact) mass is 383 g/mol. The standard InChI is InChI=1S/C17H25N3O2.BrH/c1-21-15-6-2-13(3-7-15)17(8-10-22-11-9-17)12-19-16(18)20-14-4-5-14;/h2-3,6-7,14H,4-5,8-12H2,1H3,(H3,18,19,20);1H. The van der Waals surface area contributed by atoms with Crippen LogP contribution in [0.15, 0.2) is 29.3 Å². The van der Waals surface area contributed by atoms with E-state index in [4.69, 9.17) is 15.2 Å². The third-order valence-corrected chi connectivity index (χ3v) is 4.63. The second kappa shape index (κ2) is 8.02. The summed E-state index contributed by atoms with van der Waals surface area (Å²) in [6, 6.07) is 8.86.